The van der Waals surface area contributed by atoms with Gasteiger partial charge in [0.2, 0.25) is 0 Å². The molecule has 1 aliphatic rings. The number of rotatable bonds is 7. The van der Waals surface area contributed by atoms with Crippen LogP contribution in [0.15, 0.2) is 65.6 Å². The molecule has 7 nitrogen and oxygen atoms in total. The number of ketones is 1. The second kappa shape index (κ2) is 9.38. The van der Waals surface area contributed by atoms with E-state index in [0.717, 1.165) is 10.4 Å². The van der Waals surface area contributed by atoms with Crippen LogP contribution < -0.4 is 14.2 Å². The van der Waals surface area contributed by atoms with E-state index in [0.29, 0.717) is 22.8 Å². The summed E-state index contributed by atoms with van der Waals surface area (Å²) in [6, 6.07) is 15.1. The first-order valence-electron chi connectivity index (χ1n) is 10.2. The molecule has 1 atom stereocenters. The number of carbonyl (C=O) groups is 2. The predicted molar refractivity (Wildman–Crippen MR) is 125 cm³/mol. The van der Waals surface area contributed by atoms with E-state index in [1.54, 1.807) is 43.5 Å². The molecule has 0 radical (unpaired) electrons. The Kier molecular flexibility index (Phi) is 6.37. The Labute approximate surface area is 195 Å². The van der Waals surface area contributed by atoms with Gasteiger partial charge in [0.1, 0.15) is 11.5 Å². The van der Waals surface area contributed by atoms with E-state index >= 15 is 0 Å². The number of para-hydroxylation sites is 1. The fourth-order valence-electron chi connectivity index (χ4n) is 3.95. The number of amides is 1. The first-order valence-corrected chi connectivity index (χ1v) is 11.0. The Morgan fingerprint density at radius 1 is 0.939 bits per heavy atom. The number of aliphatic hydroxyl groups is 1. The zero-order chi connectivity index (χ0) is 23.5. The van der Waals surface area contributed by atoms with Crippen LogP contribution >= 0.6 is 11.3 Å². The van der Waals surface area contributed by atoms with Gasteiger partial charge in [-0.1, -0.05) is 24.3 Å². The summed E-state index contributed by atoms with van der Waals surface area (Å²) >= 11 is 1.41. The lowest BCUT2D eigenvalue weighted by molar-refractivity contribution is -0.140. The van der Waals surface area contributed by atoms with Gasteiger partial charge in [-0.15, -0.1) is 11.3 Å². The number of likely N-dealkylation sites (tertiary alicyclic amines) is 1. The maximum Gasteiger partial charge on any atom is 0.295 e. The highest BCUT2D eigenvalue weighted by atomic mass is 32.1. The summed E-state index contributed by atoms with van der Waals surface area (Å²) in [5.41, 5.74) is 1.14. The van der Waals surface area contributed by atoms with Crippen molar-refractivity contribution in [1.29, 1.82) is 0 Å². The Morgan fingerprint density at radius 2 is 1.67 bits per heavy atom. The lowest BCUT2D eigenvalue weighted by atomic mass is 9.99. The molecule has 0 bridgehead atoms. The molecule has 1 unspecified atom stereocenters. The topological polar surface area (TPSA) is 85.3 Å². The number of Topliss-reactive ketones (excluding diaryl/α,β-unsaturated/α-hetero) is 1. The molecule has 1 saturated heterocycles. The first-order chi connectivity index (χ1) is 16.0. The number of methoxy groups -OCH3 is 3. The predicted octanol–water partition coefficient (Wildman–Crippen LogP) is 4.40. The number of carbonyl (C=O) groups excluding carboxylic acids is 2. The maximum atomic E-state index is 13.2. The summed E-state index contributed by atoms with van der Waals surface area (Å²) in [5, 5.41) is 13.1. The molecule has 33 heavy (non-hydrogen) atoms. The van der Waals surface area contributed by atoms with Crippen molar-refractivity contribution in [2.24, 2.45) is 0 Å². The van der Waals surface area contributed by atoms with Crippen LogP contribution in [0.1, 0.15) is 22.0 Å². The lowest BCUT2D eigenvalue weighted by Gasteiger charge is -2.24. The van der Waals surface area contributed by atoms with Gasteiger partial charge in [0.25, 0.3) is 11.7 Å². The molecule has 170 valence electrons. The van der Waals surface area contributed by atoms with E-state index in [4.69, 9.17) is 14.2 Å². The van der Waals surface area contributed by atoms with Crippen LogP contribution in [0.2, 0.25) is 0 Å². The molecule has 0 saturated carbocycles. The van der Waals surface area contributed by atoms with Gasteiger partial charge in [-0.25, -0.2) is 0 Å². The Balaban J connectivity index is 1.82. The van der Waals surface area contributed by atoms with Crippen molar-refractivity contribution in [1.82, 2.24) is 4.90 Å². The van der Waals surface area contributed by atoms with Gasteiger partial charge in [-0.05, 0) is 41.3 Å². The monoisotopic (exact) mass is 465 g/mol. The Bertz CT molecular complexity index is 1220. The summed E-state index contributed by atoms with van der Waals surface area (Å²) < 4.78 is 16.0. The molecule has 1 aromatic heterocycles. The molecule has 0 aliphatic carbocycles. The number of ether oxygens (including phenoxy) is 3. The maximum absolute atomic E-state index is 13.2. The first kappa shape index (κ1) is 22.4. The molecule has 1 amide bonds. The van der Waals surface area contributed by atoms with Gasteiger partial charge in [-0.2, -0.15) is 0 Å². The largest absolute Gasteiger partial charge is 0.507 e. The minimum Gasteiger partial charge on any atom is -0.507 e. The van der Waals surface area contributed by atoms with Crippen molar-refractivity contribution < 1.29 is 28.9 Å². The van der Waals surface area contributed by atoms with Gasteiger partial charge < -0.3 is 24.2 Å². The van der Waals surface area contributed by atoms with Gasteiger partial charge in [0.15, 0.2) is 11.5 Å². The van der Waals surface area contributed by atoms with Crippen molar-refractivity contribution >= 4 is 28.8 Å². The van der Waals surface area contributed by atoms with E-state index in [2.05, 4.69) is 0 Å². The van der Waals surface area contributed by atoms with Crippen molar-refractivity contribution in [3.63, 3.8) is 0 Å². The summed E-state index contributed by atoms with van der Waals surface area (Å²) in [6.45, 7) is 0.149. The van der Waals surface area contributed by atoms with Crippen molar-refractivity contribution in [3.8, 4) is 17.2 Å². The number of hydrogen-bond donors (Lipinski definition) is 1. The van der Waals surface area contributed by atoms with Gasteiger partial charge in [0.05, 0.1) is 38.5 Å². The molecule has 8 heteroatoms. The van der Waals surface area contributed by atoms with E-state index < -0.39 is 17.7 Å². The van der Waals surface area contributed by atoms with Crippen molar-refractivity contribution in [2.75, 3.05) is 21.3 Å². The average molecular weight is 466 g/mol. The second-order valence-electron chi connectivity index (χ2n) is 7.33. The van der Waals surface area contributed by atoms with Crippen molar-refractivity contribution in [2.45, 2.75) is 12.6 Å². The SMILES string of the molecule is COc1ccc(CN2C(=O)C(=O)/C(=C(\O)c3ccccc3OC)C2c2cccs2)cc1OC. The smallest absolute Gasteiger partial charge is 0.295 e. The summed E-state index contributed by atoms with van der Waals surface area (Å²) in [4.78, 5) is 28.5. The number of nitrogens with zero attached hydrogens (tertiary/aromatic N) is 1. The van der Waals surface area contributed by atoms with Gasteiger partial charge >= 0.3 is 0 Å². The molecule has 2 aromatic carbocycles. The molecule has 1 aliphatic heterocycles. The third-order valence-corrected chi connectivity index (χ3v) is 6.44. The van der Waals surface area contributed by atoms with Gasteiger partial charge in [0, 0.05) is 11.4 Å². The van der Waals surface area contributed by atoms with Crippen LogP contribution in [-0.4, -0.2) is 43.0 Å². The number of aliphatic hydroxyl groups excluding tert-OH is 1. The van der Waals surface area contributed by atoms with E-state index in [1.807, 2.05) is 23.6 Å². The molecular formula is C25H23NO6S. The molecule has 3 aromatic rings. The summed E-state index contributed by atoms with van der Waals surface area (Å²) in [6.07, 6.45) is 0. The molecule has 2 heterocycles. The fraction of sp³-hybridized carbons (Fsp3) is 0.200. The number of thiophene rings is 1. The van der Waals surface area contributed by atoms with E-state index in [-0.39, 0.29) is 17.9 Å². The summed E-state index contributed by atoms with van der Waals surface area (Å²) in [5.74, 6) is -0.190. The van der Waals surface area contributed by atoms with E-state index in [1.165, 1.54) is 30.5 Å². The number of hydrogen-bond acceptors (Lipinski definition) is 7. The average Bonchev–Trinajstić information content (AvgIpc) is 3.46. The quantitative estimate of drug-likeness (QED) is 0.316. The fourth-order valence-corrected chi connectivity index (χ4v) is 4.79. The minimum atomic E-state index is -0.739. The zero-order valence-electron chi connectivity index (χ0n) is 18.4. The normalized spacial score (nSPS) is 17.3. The minimum absolute atomic E-state index is 0.0347. The van der Waals surface area contributed by atoms with Crippen LogP contribution in [0, 0.1) is 0 Å². The third kappa shape index (κ3) is 4.05. The molecule has 1 fully saturated rings. The highest BCUT2D eigenvalue weighted by molar-refractivity contribution is 7.10. The molecular weight excluding hydrogens is 442 g/mol. The number of benzene rings is 2. The van der Waals surface area contributed by atoms with Crippen molar-refractivity contribution in [3.05, 3.63) is 81.6 Å². The second-order valence-corrected chi connectivity index (χ2v) is 8.31. The standard InChI is InChI=1S/C25H23NO6S/c1-30-17-8-5-4-7-16(17)23(27)21-22(20-9-6-12-33-20)26(25(29)24(21)28)14-15-10-11-18(31-2)19(13-15)32-3/h4-13,22,27H,14H2,1-3H3/b23-21-. The summed E-state index contributed by atoms with van der Waals surface area (Å²) in [7, 11) is 4.57. The van der Waals surface area contributed by atoms with Crippen LogP contribution in [-0.2, 0) is 16.1 Å². The van der Waals surface area contributed by atoms with Crippen LogP contribution in [0.25, 0.3) is 5.76 Å². The molecule has 4 rings (SSSR count). The van der Waals surface area contributed by atoms with Crippen LogP contribution in [0.3, 0.4) is 0 Å². The lowest BCUT2D eigenvalue weighted by Crippen LogP contribution is -2.28. The third-order valence-electron chi connectivity index (χ3n) is 5.52. The van der Waals surface area contributed by atoms with Gasteiger partial charge in [-0.3, -0.25) is 9.59 Å². The van der Waals surface area contributed by atoms with E-state index in [9.17, 15) is 14.7 Å². The van der Waals surface area contributed by atoms with Crippen LogP contribution in [0.5, 0.6) is 17.2 Å². The van der Waals surface area contributed by atoms with Crippen LogP contribution in [0.4, 0.5) is 0 Å². The highest BCUT2D eigenvalue weighted by Gasteiger charge is 2.46. The molecule has 0 spiro atoms. The Morgan fingerprint density at radius 3 is 2.33 bits per heavy atom. The Hall–Kier alpha value is -3.78. The highest BCUT2D eigenvalue weighted by Crippen LogP contribution is 2.43. The molecule has 1 N–H and O–H groups in total. The zero-order valence-corrected chi connectivity index (χ0v) is 19.2.